The molecule has 0 N–H and O–H groups in total. The third kappa shape index (κ3) is 2.77. The van der Waals surface area contributed by atoms with Crippen molar-refractivity contribution in [1.82, 2.24) is 0 Å². The van der Waals surface area contributed by atoms with Crippen molar-refractivity contribution in [3.8, 4) is 5.75 Å². The third-order valence-electron chi connectivity index (χ3n) is 2.00. The SMILES string of the molecule is CO[C@@H](Oc1c([N+](=O)[O-])ccc(F)c1F)C(C)=O. The molecule has 0 aliphatic heterocycles. The van der Waals surface area contributed by atoms with Crippen LogP contribution < -0.4 is 4.74 Å². The quantitative estimate of drug-likeness (QED) is 0.459. The van der Waals surface area contributed by atoms with Crippen LogP contribution in [0.1, 0.15) is 6.92 Å². The highest BCUT2D eigenvalue weighted by Crippen LogP contribution is 2.32. The van der Waals surface area contributed by atoms with Crippen molar-refractivity contribution in [1.29, 1.82) is 0 Å². The molecule has 0 amide bonds. The van der Waals surface area contributed by atoms with Crippen molar-refractivity contribution in [3.05, 3.63) is 33.9 Å². The summed E-state index contributed by atoms with van der Waals surface area (Å²) in [6.45, 7) is 1.08. The van der Waals surface area contributed by atoms with Crippen LogP contribution in [-0.2, 0) is 9.53 Å². The molecular formula is C10H9F2NO5. The highest BCUT2D eigenvalue weighted by molar-refractivity contribution is 5.79. The average Bonchev–Trinajstić information content (AvgIpc) is 2.30. The van der Waals surface area contributed by atoms with Gasteiger partial charge in [-0.2, -0.15) is 4.39 Å². The first kappa shape index (κ1) is 14.0. The zero-order chi connectivity index (χ0) is 13.9. The van der Waals surface area contributed by atoms with E-state index in [4.69, 9.17) is 4.74 Å². The lowest BCUT2D eigenvalue weighted by atomic mass is 10.2. The van der Waals surface area contributed by atoms with Gasteiger partial charge in [0.15, 0.2) is 11.6 Å². The van der Waals surface area contributed by atoms with Crippen LogP contribution in [0.2, 0.25) is 0 Å². The van der Waals surface area contributed by atoms with Crippen LogP contribution in [0.25, 0.3) is 0 Å². The molecule has 0 bridgehead atoms. The fourth-order valence-corrected chi connectivity index (χ4v) is 1.18. The Morgan fingerprint density at radius 2 is 2.06 bits per heavy atom. The Hall–Kier alpha value is -2.09. The van der Waals surface area contributed by atoms with Gasteiger partial charge >= 0.3 is 5.69 Å². The summed E-state index contributed by atoms with van der Waals surface area (Å²) in [6, 6.07) is 1.33. The predicted octanol–water partition coefficient (Wildman–Crippen LogP) is 1.81. The molecule has 0 saturated heterocycles. The van der Waals surface area contributed by atoms with Crippen LogP contribution in [0, 0.1) is 21.7 Å². The molecule has 0 fully saturated rings. The highest BCUT2D eigenvalue weighted by atomic mass is 19.2. The minimum absolute atomic E-state index is 0.593. The van der Waals surface area contributed by atoms with Crippen molar-refractivity contribution in [2.45, 2.75) is 13.2 Å². The minimum Gasteiger partial charge on any atom is -0.447 e. The summed E-state index contributed by atoms with van der Waals surface area (Å²) < 4.78 is 35.6. The molecule has 0 heterocycles. The Labute approximate surface area is 100 Å². The Morgan fingerprint density at radius 1 is 1.44 bits per heavy atom. The molecule has 1 aromatic carbocycles. The molecule has 1 aromatic rings. The summed E-state index contributed by atoms with van der Waals surface area (Å²) in [5.74, 6) is -4.49. The molecule has 0 saturated carbocycles. The summed E-state index contributed by atoms with van der Waals surface area (Å²) in [4.78, 5) is 20.7. The van der Waals surface area contributed by atoms with Crippen LogP contribution in [0.3, 0.4) is 0 Å². The van der Waals surface area contributed by atoms with E-state index in [0.29, 0.717) is 6.07 Å². The van der Waals surface area contributed by atoms with Crippen molar-refractivity contribution < 1.29 is 28.0 Å². The van der Waals surface area contributed by atoms with Gasteiger partial charge in [0.25, 0.3) is 6.29 Å². The van der Waals surface area contributed by atoms with Gasteiger partial charge in [-0.1, -0.05) is 0 Å². The number of rotatable bonds is 5. The number of hydrogen-bond donors (Lipinski definition) is 0. The smallest absolute Gasteiger partial charge is 0.314 e. The van der Waals surface area contributed by atoms with E-state index in [2.05, 4.69) is 4.74 Å². The highest BCUT2D eigenvalue weighted by Gasteiger charge is 2.27. The second kappa shape index (κ2) is 5.50. The fraction of sp³-hybridized carbons (Fsp3) is 0.300. The topological polar surface area (TPSA) is 78.7 Å². The van der Waals surface area contributed by atoms with E-state index < -0.39 is 40.1 Å². The number of hydrogen-bond acceptors (Lipinski definition) is 5. The average molecular weight is 261 g/mol. The van der Waals surface area contributed by atoms with Gasteiger partial charge in [-0.05, 0) is 6.07 Å². The maximum absolute atomic E-state index is 13.4. The summed E-state index contributed by atoms with van der Waals surface area (Å²) in [5, 5.41) is 10.6. The number of carbonyl (C=O) groups excluding carboxylic acids is 1. The molecule has 8 heteroatoms. The van der Waals surface area contributed by atoms with Gasteiger partial charge in [0, 0.05) is 20.1 Å². The number of halogens is 2. The van der Waals surface area contributed by atoms with Crippen molar-refractivity contribution in [2.24, 2.45) is 0 Å². The van der Waals surface area contributed by atoms with Crippen LogP contribution in [0.15, 0.2) is 12.1 Å². The lowest BCUT2D eigenvalue weighted by molar-refractivity contribution is -0.386. The number of Topliss-reactive ketones (excluding diaryl/α,β-unsaturated/α-hetero) is 1. The molecule has 1 rings (SSSR count). The largest absolute Gasteiger partial charge is 0.447 e. The van der Waals surface area contributed by atoms with Gasteiger partial charge in [0.2, 0.25) is 11.6 Å². The maximum Gasteiger partial charge on any atom is 0.314 e. The van der Waals surface area contributed by atoms with Crippen LogP contribution >= 0.6 is 0 Å². The molecule has 0 spiro atoms. The Bertz CT molecular complexity index is 491. The van der Waals surface area contributed by atoms with Crippen LogP contribution in [0.5, 0.6) is 5.75 Å². The predicted molar refractivity (Wildman–Crippen MR) is 55.1 cm³/mol. The summed E-state index contributed by atoms with van der Waals surface area (Å²) in [7, 11) is 1.09. The number of nitrogens with zero attached hydrogens (tertiary/aromatic N) is 1. The first-order valence-corrected chi connectivity index (χ1v) is 4.70. The first-order chi connectivity index (χ1) is 8.38. The Morgan fingerprint density at radius 3 is 2.50 bits per heavy atom. The van der Waals surface area contributed by atoms with E-state index in [9.17, 15) is 23.7 Å². The summed E-state index contributed by atoms with van der Waals surface area (Å²) >= 11 is 0. The number of nitro benzene ring substituents is 1. The molecule has 18 heavy (non-hydrogen) atoms. The minimum atomic E-state index is -1.55. The maximum atomic E-state index is 13.4. The molecular weight excluding hydrogens is 252 g/mol. The molecule has 0 radical (unpaired) electrons. The van der Waals surface area contributed by atoms with Crippen LogP contribution in [0.4, 0.5) is 14.5 Å². The van der Waals surface area contributed by atoms with Gasteiger partial charge in [0.05, 0.1) is 4.92 Å². The number of carbonyl (C=O) groups is 1. The Balaban J connectivity index is 3.24. The molecule has 6 nitrogen and oxygen atoms in total. The summed E-state index contributed by atoms with van der Waals surface area (Å²) in [5.41, 5.74) is -0.794. The van der Waals surface area contributed by atoms with E-state index in [1.807, 2.05) is 0 Å². The van der Waals surface area contributed by atoms with E-state index in [-0.39, 0.29) is 0 Å². The lowest BCUT2D eigenvalue weighted by Gasteiger charge is -2.14. The van der Waals surface area contributed by atoms with Gasteiger partial charge in [-0.15, -0.1) is 0 Å². The first-order valence-electron chi connectivity index (χ1n) is 4.70. The van der Waals surface area contributed by atoms with Crippen molar-refractivity contribution >= 4 is 11.5 Å². The zero-order valence-corrected chi connectivity index (χ0v) is 9.48. The monoisotopic (exact) mass is 261 g/mol. The molecule has 0 aromatic heterocycles. The van der Waals surface area contributed by atoms with Gasteiger partial charge < -0.3 is 9.47 Å². The zero-order valence-electron chi connectivity index (χ0n) is 9.48. The number of methoxy groups -OCH3 is 1. The number of ether oxygens (including phenoxy) is 2. The number of nitro groups is 1. The molecule has 0 aliphatic rings. The molecule has 1 atom stereocenters. The van der Waals surface area contributed by atoms with E-state index in [1.54, 1.807) is 0 Å². The lowest BCUT2D eigenvalue weighted by Crippen LogP contribution is -2.27. The summed E-state index contributed by atoms with van der Waals surface area (Å²) in [6.07, 6.45) is -1.54. The fourth-order valence-electron chi connectivity index (χ4n) is 1.18. The van der Waals surface area contributed by atoms with E-state index in [0.717, 1.165) is 20.1 Å². The molecule has 0 unspecified atom stereocenters. The number of ketones is 1. The van der Waals surface area contributed by atoms with E-state index >= 15 is 0 Å². The van der Waals surface area contributed by atoms with Gasteiger partial charge in [-0.25, -0.2) is 4.39 Å². The third-order valence-corrected chi connectivity index (χ3v) is 2.00. The van der Waals surface area contributed by atoms with Gasteiger partial charge in [-0.3, -0.25) is 14.9 Å². The molecule has 0 aliphatic carbocycles. The molecule has 98 valence electrons. The second-order valence-electron chi connectivity index (χ2n) is 3.26. The normalized spacial score (nSPS) is 12.0. The number of benzene rings is 1. The Kier molecular flexibility index (Phi) is 4.27. The standard InChI is InChI=1S/C10H9F2NO5/c1-5(14)10(17-2)18-9-7(13(15)16)4-3-6(11)8(9)12/h3-4,10H,1-2H3/t10-/m0/s1. The van der Waals surface area contributed by atoms with Gasteiger partial charge in [0.1, 0.15) is 0 Å². The van der Waals surface area contributed by atoms with Crippen LogP contribution in [-0.4, -0.2) is 24.1 Å². The van der Waals surface area contributed by atoms with Crippen molar-refractivity contribution in [3.63, 3.8) is 0 Å². The van der Waals surface area contributed by atoms with Crippen molar-refractivity contribution in [2.75, 3.05) is 7.11 Å². The van der Waals surface area contributed by atoms with E-state index in [1.165, 1.54) is 0 Å². The second-order valence-corrected chi connectivity index (χ2v) is 3.26.